The first-order valence-corrected chi connectivity index (χ1v) is 9.06. The van der Waals surface area contributed by atoms with Gasteiger partial charge in [0.25, 0.3) is 0 Å². The molecule has 2 aromatic carbocycles. The first-order chi connectivity index (χ1) is 13.0. The lowest BCUT2D eigenvalue weighted by Crippen LogP contribution is -2.06. The van der Waals surface area contributed by atoms with Crippen LogP contribution >= 0.6 is 22.9 Å². The third-order valence-electron chi connectivity index (χ3n) is 3.68. The van der Waals surface area contributed by atoms with Gasteiger partial charge in [-0.25, -0.2) is 14.2 Å². The maximum Gasteiger partial charge on any atom is 0.340 e. The van der Waals surface area contributed by atoms with Crippen molar-refractivity contribution in [1.82, 2.24) is 4.98 Å². The van der Waals surface area contributed by atoms with E-state index in [-0.39, 0.29) is 17.2 Å². The number of ether oxygens (including phenoxy) is 3. The van der Waals surface area contributed by atoms with Crippen LogP contribution in [0.4, 0.5) is 4.39 Å². The normalized spacial score (nSPS) is 10.5. The van der Waals surface area contributed by atoms with E-state index in [9.17, 15) is 9.18 Å². The standard InChI is InChI=1S/C19H15ClFNO4S/c1-24-16-6-3-11(7-17(16)25-2)18-22-13(10-27-18)9-26-19(23)14-5-4-12(21)8-15(14)20/h3-8,10H,9H2,1-2H3. The van der Waals surface area contributed by atoms with E-state index in [4.69, 9.17) is 25.8 Å². The van der Waals surface area contributed by atoms with Crippen LogP contribution in [-0.2, 0) is 11.3 Å². The minimum absolute atomic E-state index is 0.00398. The predicted molar refractivity (Wildman–Crippen MR) is 101 cm³/mol. The second-order valence-corrected chi connectivity index (χ2v) is 6.68. The summed E-state index contributed by atoms with van der Waals surface area (Å²) in [5, 5.41) is 2.55. The molecule has 140 valence electrons. The smallest absolute Gasteiger partial charge is 0.340 e. The number of benzene rings is 2. The molecule has 3 aromatic rings. The molecule has 0 aliphatic heterocycles. The van der Waals surface area contributed by atoms with Crippen LogP contribution in [0.2, 0.25) is 5.02 Å². The molecule has 0 atom stereocenters. The second kappa shape index (κ2) is 8.37. The van der Waals surface area contributed by atoms with Gasteiger partial charge in [-0.05, 0) is 36.4 Å². The monoisotopic (exact) mass is 407 g/mol. The zero-order chi connectivity index (χ0) is 19.4. The third-order valence-corrected chi connectivity index (χ3v) is 4.94. The summed E-state index contributed by atoms with van der Waals surface area (Å²) in [4.78, 5) is 16.6. The molecule has 0 unspecified atom stereocenters. The summed E-state index contributed by atoms with van der Waals surface area (Å²) in [6.07, 6.45) is 0. The molecular weight excluding hydrogens is 393 g/mol. The quantitative estimate of drug-likeness (QED) is 0.539. The average molecular weight is 408 g/mol. The number of thiazole rings is 1. The highest BCUT2D eigenvalue weighted by Crippen LogP contribution is 2.33. The van der Waals surface area contributed by atoms with Crippen LogP contribution in [0.25, 0.3) is 10.6 Å². The van der Waals surface area contributed by atoms with Gasteiger partial charge < -0.3 is 14.2 Å². The van der Waals surface area contributed by atoms with Crippen LogP contribution in [0.15, 0.2) is 41.8 Å². The summed E-state index contributed by atoms with van der Waals surface area (Å²) in [5.41, 5.74) is 1.56. The fourth-order valence-electron chi connectivity index (χ4n) is 2.35. The lowest BCUT2D eigenvalue weighted by atomic mass is 10.2. The third kappa shape index (κ3) is 4.37. The fourth-order valence-corrected chi connectivity index (χ4v) is 3.39. The SMILES string of the molecule is COc1ccc(-c2nc(COC(=O)c3ccc(F)cc3Cl)cs2)cc1OC. The molecule has 0 aliphatic carbocycles. The van der Waals surface area contributed by atoms with Gasteiger partial charge in [-0.3, -0.25) is 0 Å². The Labute approximate surface area is 164 Å². The molecule has 3 rings (SSSR count). The number of methoxy groups -OCH3 is 2. The van der Waals surface area contributed by atoms with Crippen molar-refractivity contribution >= 4 is 28.9 Å². The highest BCUT2D eigenvalue weighted by atomic mass is 35.5. The maximum absolute atomic E-state index is 13.1. The van der Waals surface area contributed by atoms with Crippen LogP contribution in [0.5, 0.6) is 11.5 Å². The summed E-state index contributed by atoms with van der Waals surface area (Å²) >= 11 is 7.28. The second-order valence-electron chi connectivity index (χ2n) is 5.41. The van der Waals surface area contributed by atoms with Gasteiger partial charge >= 0.3 is 5.97 Å². The molecule has 0 N–H and O–H groups in total. The Morgan fingerprint density at radius 3 is 2.63 bits per heavy atom. The summed E-state index contributed by atoms with van der Waals surface area (Å²) in [6.45, 7) is -0.0175. The summed E-state index contributed by atoms with van der Waals surface area (Å²) in [5.74, 6) is 0.0727. The van der Waals surface area contributed by atoms with Crippen LogP contribution in [0, 0.1) is 5.82 Å². The van der Waals surface area contributed by atoms with Crippen LogP contribution < -0.4 is 9.47 Å². The molecule has 0 bridgehead atoms. The first kappa shape index (κ1) is 19.1. The molecule has 0 spiro atoms. The van der Waals surface area contributed by atoms with Gasteiger partial charge in [0.1, 0.15) is 17.4 Å². The van der Waals surface area contributed by atoms with Crippen LogP contribution in [0.1, 0.15) is 16.1 Å². The lowest BCUT2D eigenvalue weighted by molar-refractivity contribution is 0.0468. The minimum atomic E-state index is -0.638. The van der Waals surface area contributed by atoms with E-state index in [2.05, 4.69) is 4.98 Å². The number of aromatic nitrogens is 1. The Morgan fingerprint density at radius 2 is 1.93 bits per heavy atom. The molecule has 0 saturated heterocycles. The molecular formula is C19H15ClFNO4S. The maximum atomic E-state index is 13.1. The number of carbonyl (C=O) groups excluding carboxylic acids is 1. The Kier molecular flexibility index (Phi) is 5.93. The van der Waals surface area contributed by atoms with Gasteiger partial charge in [-0.2, -0.15) is 0 Å². The zero-order valence-electron chi connectivity index (χ0n) is 14.5. The molecule has 0 amide bonds. The van der Waals surface area contributed by atoms with Crippen molar-refractivity contribution in [3.63, 3.8) is 0 Å². The number of hydrogen-bond donors (Lipinski definition) is 0. The van der Waals surface area contributed by atoms with Crippen molar-refractivity contribution in [1.29, 1.82) is 0 Å². The van der Waals surface area contributed by atoms with Crippen LogP contribution in [0.3, 0.4) is 0 Å². The Morgan fingerprint density at radius 1 is 1.15 bits per heavy atom. The number of halogens is 2. The number of hydrogen-bond acceptors (Lipinski definition) is 6. The van der Waals surface area contributed by atoms with Crippen molar-refractivity contribution < 1.29 is 23.4 Å². The van der Waals surface area contributed by atoms with Crippen molar-refractivity contribution in [2.24, 2.45) is 0 Å². The van der Waals surface area contributed by atoms with Crippen molar-refractivity contribution in [2.45, 2.75) is 6.61 Å². The average Bonchev–Trinajstić information content (AvgIpc) is 3.14. The molecule has 0 radical (unpaired) electrons. The topological polar surface area (TPSA) is 57.7 Å². The number of carbonyl (C=O) groups is 1. The van der Waals surface area contributed by atoms with Gasteiger partial charge in [-0.1, -0.05) is 11.6 Å². The highest BCUT2D eigenvalue weighted by Gasteiger charge is 2.14. The minimum Gasteiger partial charge on any atom is -0.493 e. The summed E-state index contributed by atoms with van der Waals surface area (Å²) < 4.78 is 28.8. The molecule has 1 aromatic heterocycles. The van der Waals surface area contributed by atoms with E-state index < -0.39 is 11.8 Å². The van der Waals surface area contributed by atoms with Crippen molar-refractivity contribution in [2.75, 3.05) is 14.2 Å². The number of nitrogens with zero attached hydrogens (tertiary/aromatic N) is 1. The molecule has 0 aliphatic rings. The number of esters is 1. The van der Waals surface area contributed by atoms with Crippen LogP contribution in [-0.4, -0.2) is 25.2 Å². The fraction of sp³-hybridized carbons (Fsp3) is 0.158. The largest absolute Gasteiger partial charge is 0.493 e. The number of rotatable bonds is 6. The lowest BCUT2D eigenvalue weighted by Gasteiger charge is -2.08. The van der Waals surface area contributed by atoms with Crippen molar-refractivity contribution in [3.05, 3.63) is 63.9 Å². The predicted octanol–water partition coefficient (Wildman–Crippen LogP) is 4.98. The first-order valence-electron chi connectivity index (χ1n) is 7.80. The summed E-state index contributed by atoms with van der Waals surface area (Å²) in [7, 11) is 3.13. The van der Waals surface area contributed by atoms with E-state index in [1.807, 2.05) is 12.1 Å². The molecule has 1 heterocycles. The van der Waals surface area contributed by atoms with Crippen molar-refractivity contribution in [3.8, 4) is 22.1 Å². The Bertz CT molecular complexity index is 976. The summed E-state index contributed by atoms with van der Waals surface area (Å²) in [6, 6.07) is 9.00. The highest BCUT2D eigenvalue weighted by molar-refractivity contribution is 7.13. The molecule has 0 fully saturated rings. The van der Waals surface area contributed by atoms with E-state index in [0.29, 0.717) is 17.2 Å². The van der Waals surface area contributed by atoms with E-state index >= 15 is 0 Å². The zero-order valence-corrected chi connectivity index (χ0v) is 16.1. The Hall–Kier alpha value is -2.64. The van der Waals surface area contributed by atoms with Gasteiger partial charge in [0, 0.05) is 10.9 Å². The molecule has 0 saturated carbocycles. The Balaban J connectivity index is 1.70. The van der Waals surface area contributed by atoms with Gasteiger partial charge in [-0.15, -0.1) is 11.3 Å². The molecule has 5 nitrogen and oxygen atoms in total. The van der Waals surface area contributed by atoms with E-state index in [1.54, 1.807) is 25.7 Å². The molecule has 27 heavy (non-hydrogen) atoms. The molecule has 8 heteroatoms. The van der Waals surface area contributed by atoms with Gasteiger partial charge in [0.15, 0.2) is 11.5 Å². The van der Waals surface area contributed by atoms with E-state index in [0.717, 1.165) is 22.7 Å². The van der Waals surface area contributed by atoms with Gasteiger partial charge in [0.2, 0.25) is 0 Å². The van der Waals surface area contributed by atoms with Gasteiger partial charge in [0.05, 0.1) is 30.5 Å². The van der Waals surface area contributed by atoms with E-state index in [1.165, 1.54) is 17.4 Å².